The molecular weight excluding hydrogens is 272 g/mol. The summed E-state index contributed by atoms with van der Waals surface area (Å²) < 4.78 is 10.7. The number of benzene rings is 2. The first-order valence-electron chi connectivity index (χ1n) is 6.03. The first-order chi connectivity index (χ1) is 9.72. The zero-order valence-corrected chi connectivity index (χ0v) is 11.2. The van der Waals surface area contributed by atoms with Crippen LogP contribution in [0.15, 0.2) is 69.9 Å². The van der Waals surface area contributed by atoms with E-state index in [1.165, 1.54) is 6.07 Å². The van der Waals surface area contributed by atoms with Gasteiger partial charge in [0.2, 0.25) is 0 Å². The van der Waals surface area contributed by atoms with Gasteiger partial charge < -0.3 is 9.15 Å². The molecule has 0 aliphatic carbocycles. The molecule has 0 N–H and O–H groups in total. The first-order valence-corrected chi connectivity index (χ1v) is 6.44. The van der Waals surface area contributed by atoms with Gasteiger partial charge in [-0.3, -0.25) is 0 Å². The van der Waals surface area contributed by atoms with Crippen molar-refractivity contribution in [2.45, 2.75) is 0 Å². The molecule has 98 valence electrons. The number of ether oxygens (including phenoxy) is 1. The molecule has 0 aliphatic heterocycles. The summed E-state index contributed by atoms with van der Waals surface area (Å²) in [5, 5.41) is 1.21. The van der Waals surface area contributed by atoms with Crippen LogP contribution >= 0.6 is 12.2 Å². The van der Waals surface area contributed by atoms with Crippen LogP contribution in [0.4, 0.5) is 0 Å². The summed E-state index contributed by atoms with van der Waals surface area (Å²) in [7, 11) is 0. The Morgan fingerprint density at radius 1 is 1.00 bits per heavy atom. The highest BCUT2D eigenvalue weighted by atomic mass is 32.1. The third-order valence-corrected chi connectivity index (χ3v) is 3.13. The molecule has 1 heterocycles. The van der Waals surface area contributed by atoms with Gasteiger partial charge in [0.15, 0.2) is 5.05 Å². The first kappa shape index (κ1) is 12.6. The van der Waals surface area contributed by atoms with Crippen molar-refractivity contribution in [1.82, 2.24) is 0 Å². The largest absolute Gasteiger partial charge is 0.445 e. The number of hydrogen-bond donors (Lipinski definition) is 0. The van der Waals surface area contributed by atoms with E-state index in [2.05, 4.69) is 0 Å². The second-order valence-electron chi connectivity index (χ2n) is 4.21. The Kier molecular flexibility index (Phi) is 3.31. The molecule has 0 fully saturated rings. The molecule has 1 aromatic heterocycles. The molecule has 3 nitrogen and oxygen atoms in total. The van der Waals surface area contributed by atoms with E-state index < -0.39 is 0 Å². The third-order valence-electron chi connectivity index (χ3n) is 2.81. The van der Waals surface area contributed by atoms with E-state index in [1.54, 1.807) is 18.2 Å². The second-order valence-corrected chi connectivity index (χ2v) is 4.58. The van der Waals surface area contributed by atoms with Crippen LogP contribution in [-0.4, -0.2) is 5.05 Å². The van der Waals surface area contributed by atoms with Gasteiger partial charge in [0.05, 0.1) is 0 Å². The molecule has 0 atom stereocenters. The lowest BCUT2D eigenvalue weighted by molar-refractivity contribution is 0.546. The lowest BCUT2D eigenvalue weighted by Gasteiger charge is -2.07. The number of fused-ring (bicyclic) bond motifs is 1. The molecule has 3 rings (SSSR count). The van der Waals surface area contributed by atoms with Crippen LogP contribution in [-0.2, 0) is 0 Å². The van der Waals surface area contributed by atoms with Crippen LogP contribution in [0.25, 0.3) is 11.0 Å². The van der Waals surface area contributed by atoms with Crippen LogP contribution in [0.3, 0.4) is 0 Å². The second kappa shape index (κ2) is 5.27. The number of hydrogen-bond acceptors (Lipinski definition) is 4. The molecule has 4 heteroatoms. The van der Waals surface area contributed by atoms with Gasteiger partial charge in [0.25, 0.3) is 0 Å². The van der Waals surface area contributed by atoms with Crippen molar-refractivity contribution in [2.24, 2.45) is 0 Å². The van der Waals surface area contributed by atoms with E-state index in [4.69, 9.17) is 21.4 Å². The van der Waals surface area contributed by atoms with Crippen LogP contribution in [0.1, 0.15) is 5.56 Å². The average molecular weight is 282 g/mol. The fraction of sp³-hybridized carbons (Fsp3) is 0. The Labute approximate surface area is 120 Å². The van der Waals surface area contributed by atoms with E-state index in [0.29, 0.717) is 16.4 Å². The van der Waals surface area contributed by atoms with Crippen LogP contribution in [0.2, 0.25) is 0 Å². The average Bonchev–Trinajstić information content (AvgIpc) is 2.47. The van der Waals surface area contributed by atoms with E-state index >= 15 is 0 Å². The molecule has 0 bridgehead atoms. The summed E-state index contributed by atoms with van der Waals surface area (Å²) in [6.07, 6.45) is 0. The molecule has 3 aromatic rings. The van der Waals surface area contributed by atoms with Crippen molar-refractivity contribution < 1.29 is 9.15 Å². The number of rotatable bonds is 2. The van der Waals surface area contributed by atoms with Crippen molar-refractivity contribution in [2.75, 3.05) is 0 Å². The maximum atomic E-state index is 11.2. The van der Waals surface area contributed by atoms with Crippen LogP contribution in [0, 0.1) is 0 Å². The Morgan fingerprint density at radius 2 is 1.75 bits per heavy atom. The summed E-state index contributed by atoms with van der Waals surface area (Å²) in [6.45, 7) is 0. The van der Waals surface area contributed by atoms with E-state index in [1.807, 2.05) is 36.4 Å². The maximum Gasteiger partial charge on any atom is 0.336 e. The minimum absolute atomic E-state index is 0.378. The summed E-state index contributed by atoms with van der Waals surface area (Å²) in [5.74, 6) is 0.542. The van der Waals surface area contributed by atoms with Gasteiger partial charge >= 0.3 is 5.63 Å². The van der Waals surface area contributed by atoms with Gasteiger partial charge in [-0.05, 0) is 30.4 Å². The SMILES string of the molecule is O=c1ccc2ccc(OC(=S)c3ccccc3)cc2o1. The summed E-state index contributed by atoms with van der Waals surface area (Å²) >= 11 is 5.24. The fourth-order valence-corrected chi connectivity index (χ4v) is 2.08. The van der Waals surface area contributed by atoms with Gasteiger partial charge in [-0.15, -0.1) is 0 Å². The smallest absolute Gasteiger partial charge is 0.336 e. The number of thiocarbonyl (C=S) groups is 1. The molecule has 0 saturated carbocycles. The Bertz CT molecular complexity index is 822. The van der Waals surface area contributed by atoms with Crippen molar-refractivity contribution in [1.29, 1.82) is 0 Å². The molecule has 20 heavy (non-hydrogen) atoms. The zero-order valence-electron chi connectivity index (χ0n) is 10.4. The molecule has 0 spiro atoms. The predicted octanol–water partition coefficient (Wildman–Crippen LogP) is 3.55. The molecule has 0 amide bonds. The minimum atomic E-state index is -0.389. The third kappa shape index (κ3) is 2.60. The highest BCUT2D eigenvalue weighted by Gasteiger charge is 2.05. The monoisotopic (exact) mass is 282 g/mol. The lowest BCUT2D eigenvalue weighted by Crippen LogP contribution is -2.06. The Morgan fingerprint density at radius 3 is 2.55 bits per heavy atom. The minimum Gasteiger partial charge on any atom is -0.445 e. The highest BCUT2D eigenvalue weighted by molar-refractivity contribution is 7.80. The van der Waals surface area contributed by atoms with E-state index in [0.717, 1.165) is 10.9 Å². The normalized spacial score (nSPS) is 10.4. The Balaban J connectivity index is 1.91. The van der Waals surface area contributed by atoms with Crippen molar-refractivity contribution in [3.05, 3.63) is 76.6 Å². The zero-order chi connectivity index (χ0) is 13.9. The molecule has 0 aliphatic rings. The maximum absolute atomic E-state index is 11.2. The lowest BCUT2D eigenvalue weighted by atomic mass is 10.2. The van der Waals surface area contributed by atoms with Crippen LogP contribution in [0.5, 0.6) is 5.75 Å². The van der Waals surface area contributed by atoms with Crippen molar-refractivity contribution in [3.8, 4) is 5.75 Å². The van der Waals surface area contributed by atoms with E-state index in [-0.39, 0.29) is 5.63 Å². The summed E-state index contributed by atoms with van der Waals surface area (Å²) in [6, 6.07) is 17.8. The fourth-order valence-electron chi connectivity index (χ4n) is 1.84. The topological polar surface area (TPSA) is 39.4 Å². The molecule has 0 saturated heterocycles. The summed E-state index contributed by atoms with van der Waals surface area (Å²) in [5.41, 5.74) is 0.920. The van der Waals surface area contributed by atoms with Gasteiger partial charge in [0.1, 0.15) is 11.3 Å². The summed E-state index contributed by atoms with van der Waals surface area (Å²) in [4.78, 5) is 11.2. The Hall–Kier alpha value is -2.46. The quantitative estimate of drug-likeness (QED) is 0.532. The van der Waals surface area contributed by atoms with Crippen molar-refractivity contribution in [3.63, 3.8) is 0 Å². The van der Waals surface area contributed by atoms with Gasteiger partial charge in [-0.1, -0.05) is 30.3 Å². The standard InChI is InChI=1S/C16H10O3S/c17-15-9-7-11-6-8-13(10-14(11)19-15)18-16(20)12-4-2-1-3-5-12/h1-10H. The molecule has 0 radical (unpaired) electrons. The highest BCUT2D eigenvalue weighted by Crippen LogP contribution is 2.20. The van der Waals surface area contributed by atoms with E-state index in [9.17, 15) is 4.79 Å². The van der Waals surface area contributed by atoms with Gasteiger partial charge in [0, 0.05) is 23.1 Å². The predicted molar refractivity (Wildman–Crippen MR) is 81.3 cm³/mol. The molecule has 0 unspecified atom stereocenters. The molecule has 2 aromatic carbocycles. The van der Waals surface area contributed by atoms with Crippen molar-refractivity contribution >= 4 is 28.2 Å². The van der Waals surface area contributed by atoms with Gasteiger partial charge in [-0.2, -0.15) is 0 Å². The van der Waals surface area contributed by atoms with Gasteiger partial charge in [-0.25, -0.2) is 4.79 Å². The van der Waals surface area contributed by atoms with Crippen LogP contribution < -0.4 is 10.4 Å². The molecular formula is C16H10O3S.